The van der Waals surface area contributed by atoms with E-state index in [1.54, 1.807) is 26.2 Å². The lowest BCUT2D eigenvalue weighted by Crippen LogP contribution is -3.00. The molecule has 2 heterocycles. The molecule has 0 saturated heterocycles. The lowest BCUT2D eigenvalue weighted by atomic mass is 10.1. The van der Waals surface area contributed by atoms with Gasteiger partial charge in [-0.2, -0.15) is 0 Å². The zero-order valence-corrected chi connectivity index (χ0v) is 16.2. The highest BCUT2D eigenvalue weighted by Crippen LogP contribution is 2.35. The number of nitrogens with zero attached hydrogens (tertiary/aromatic N) is 2. The predicted molar refractivity (Wildman–Crippen MR) is 96.8 cm³/mol. The van der Waals surface area contributed by atoms with Gasteiger partial charge in [0, 0.05) is 35.0 Å². The molecule has 0 aliphatic rings. The van der Waals surface area contributed by atoms with Crippen LogP contribution in [0.15, 0.2) is 12.4 Å². The number of halogens is 1. The first-order valence-corrected chi connectivity index (χ1v) is 9.77. The summed E-state index contributed by atoms with van der Waals surface area (Å²) in [6, 6.07) is 0. The van der Waals surface area contributed by atoms with E-state index in [0.29, 0.717) is 34.0 Å². The van der Waals surface area contributed by atoms with Crippen LogP contribution in [0.25, 0.3) is 0 Å². The fourth-order valence-electron chi connectivity index (χ4n) is 2.18. The molecule has 25 heavy (non-hydrogen) atoms. The second-order valence-corrected chi connectivity index (χ2v) is 7.70. The summed E-state index contributed by atoms with van der Waals surface area (Å²) in [7, 11) is 3.08. The van der Waals surface area contributed by atoms with Crippen LogP contribution in [0.5, 0.6) is 11.5 Å². The minimum Gasteiger partial charge on any atom is -1.00 e. The van der Waals surface area contributed by atoms with Crippen LogP contribution >= 0.6 is 21.6 Å². The highest BCUT2D eigenvalue weighted by atomic mass is 35.5. The molecule has 2 aromatic rings. The van der Waals surface area contributed by atoms with Crippen molar-refractivity contribution >= 4 is 21.6 Å². The molecule has 138 valence electrons. The smallest absolute Gasteiger partial charge is 1.00 e. The van der Waals surface area contributed by atoms with Crippen molar-refractivity contribution < 1.29 is 34.3 Å². The Kier molecular flexibility index (Phi) is 8.81. The predicted octanol–water partition coefficient (Wildman–Crippen LogP) is -0.313. The Morgan fingerprint density at radius 1 is 0.840 bits per heavy atom. The fraction of sp³-hybridized carbons (Fsp3) is 0.375. The van der Waals surface area contributed by atoms with E-state index in [9.17, 15) is 20.4 Å². The summed E-state index contributed by atoms with van der Waals surface area (Å²) < 4.78 is 0. The number of pyridine rings is 2. The Labute approximate surface area is 162 Å². The zero-order chi connectivity index (χ0) is 17.7. The second kappa shape index (κ2) is 10.1. The van der Waals surface area contributed by atoms with Crippen LogP contribution in [0.4, 0.5) is 0 Å². The fourth-order valence-corrected chi connectivity index (χ4v) is 4.36. The summed E-state index contributed by atoms with van der Waals surface area (Å²) in [6.45, 7) is 2.90. The van der Waals surface area contributed by atoms with Crippen molar-refractivity contribution in [2.24, 2.45) is 0 Å². The molecule has 0 saturated carbocycles. The zero-order valence-electron chi connectivity index (χ0n) is 14.9. The van der Waals surface area contributed by atoms with E-state index in [1.807, 2.05) is 0 Å². The topological polar surface area (TPSA) is 107 Å². The molecular weight excluding hydrogens is 384 g/mol. The van der Waals surface area contributed by atoms with Gasteiger partial charge in [0.1, 0.15) is 11.5 Å². The summed E-state index contributed by atoms with van der Waals surface area (Å²) >= 11 is 0. The highest BCUT2D eigenvalue weighted by molar-refractivity contribution is 8.76. The van der Waals surface area contributed by atoms with E-state index in [4.69, 9.17) is 0 Å². The molecule has 9 heteroatoms. The van der Waals surface area contributed by atoms with Crippen molar-refractivity contribution in [1.29, 1.82) is 0 Å². The minimum absolute atomic E-state index is 0. The van der Waals surface area contributed by atoms with E-state index in [-0.39, 0.29) is 38.5 Å². The van der Waals surface area contributed by atoms with E-state index >= 15 is 0 Å². The van der Waals surface area contributed by atoms with Crippen molar-refractivity contribution in [3.05, 3.63) is 46.0 Å². The average molecular weight is 405 g/mol. The van der Waals surface area contributed by atoms with Gasteiger partial charge in [0.2, 0.25) is 0 Å². The lowest BCUT2D eigenvalue weighted by molar-refractivity contribution is -0.00000917. The summed E-state index contributed by atoms with van der Waals surface area (Å²) in [5.74, 6) is 1.22. The molecule has 0 aliphatic carbocycles. The molecule has 0 fully saturated rings. The van der Waals surface area contributed by atoms with Crippen LogP contribution < -0.4 is 12.4 Å². The van der Waals surface area contributed by atoms with Crippen molar-refractivity contribution in [1.82, 2.24) is 9.97 Å². The quantitative estimate of drug-likeness (QED) is 0.368. The number of aryl methyl sites for hydroxylation is 2. The summed E-state index contributed by atoms with van der Waals surface area (Å²) in [5, 5.41) is 38.7. The normalized spacial score (nSPS) is 10.6. The number of hydrogen-bond donors (Lipinski definition) is 4. The van der Waals surface area contributed by atoms with Gasteiger partial charge in [-0.15, -0.1) is 0 Å². The SMILES string of the molecule is Cc1ncc(CSSCc2cnc(C)c(O)c2CO)c(CO)c1O.[Cl-].[H+]. The summed E-state index contributed by atoms with van der Waals surface area (Å²) in [4.78, 5) is 8.23. The van der Waals surface area contributed by atoms with E-state index in [0.717, 1.165) is 11.1 Å². The van der Waals surface area contributed by atoms with Crippen LogP contribution in [0.2, 0.25) is 0 Å². The van der Waals surface area contributed by atoms with Gasteiger partial charge in [0.15, 0.2) is 0 Å². The number of rotatable bonds is 7. The first-order chi connectivity index (χ1) is 11.5. The largest absolute Gasteiger partial charge is 1.00 e. The second-order valence-electron chi connectivity index (χ2n) is 5.23. The van der Waals surface area contributed by atoms with Gasteiger partial charge in [-0.05, 0) is 25.0 Å². The van der Waals surface area contributed by atoms with Crippen molar-refractivity contribution in [2.75, 3.05) is 0 Å². The Balaban J connectivity index is 0.00000312. The maximum atomic E-state index is 9.94. The van der Waals surface area contributed by atoms with Crippen LogP contribution in [0.1, 0.15) is 35.1 Å². The Hall–Kier alpha value is -1.19. The highest BCUT2D eigenvalue weighted by Gasteiger charge is 2.13. The third-order valence-corrected chi connectivity index (χ3v) is 5.92. The molecular formula is C16H21ClN2O4S2. The van der Waals surface area contributed by atoms with Gasteiger partial charge in [0.25, 0.3) is 0 Å². The first kappa shape index (κ1) is 21.9. The third-order valence-electron chi connectivity index (χ3n) is 3.69. The van der Waals surface area contributed by atoms with E-state index < -0.39 is 0 Å². The molecule has 0 spiro atoms. The number of aromatic hydroxyl groups is 2. The molecule has 0 unspecified atom stereocenters. The van der Waals surface area contributed by atoms with Crippen LogP contribution in [-0.4, -0.2) is 30.4 Å². The van der Waals surface area contributed by atoms with Gasteiger partial charge in [-0.1, -0.05) is 21.6 Å². The minimum atomic E-state index is -0.236. The number of aliphatic hydroxyl groups is 2. The number of aromatic nitrogens is 2. The van der Waals surface area contributed by atoms with E-state index in [1.165, 1.54) is 21.6 Å². The molecule has 4 N–H and O–H groups in total. The summed E-state index contributed by atoms with van der Waals surface area (Å²) in [5.41, 5.74) is 3.56. The Morgan fingerprint density at radius 2 is 1.20 bits per heavy atom. The molecule has 6 nitrogen and oxygen atoms in total. The monoisotopic (exact) mass is 404 g/mol. The molecule has 0 atom stereocenters. The lowest BCUT2D eigenvalue weighted by Gasteiger charge is -2.12. The van der Waals surface area contributed by atoms with Gasteiger partial charge < -0.3 is 32.8 Å². The van der Waals surface area contributed by atoms with Crippen molar-refractivity contribution in [2.45, 2.75) is 38.6 Å². The number of hydrogen-bond acceptors (Lipinski definition) is 8. The third kappa shape index (κ3) is 5.15. The molecule has 0 aliphatic heterocycles. The van der Waals surface area contributed by atoms with Gasteiger partial charge in [0.05, 0.1) is 24.6 Å². The van der Waals surface area contributed by atoms with Crippen LogP contribution in [-0.2, 0) is 24.7 Å². The molecule has 2 aromatic heterocycles. The molecule has 0 radical (unpaired) electrons. The number of aliphatic hydroxyl groups excluding tert-OH is 2. The molecule has 0 aromatic carbocycles. The van der Waals surface area contributed by atoms with Crippen molar-refractivity contribution in [3.8, 4) is 11.5 Å². The van der Waals surface area contributed by atoms with Crippen LogP contribution in [0.3, 0.4) is 0 Å². The Morgan fingerprint density at radius 3 is 1.52 bits per heavy atom. The summed E-state index contributed by atoms with van der Waals surface area (Å²) in [6.07, 6.45) is 3.32. The van der Waals surface area contributed by atoms with Gasteiger partial charge in [-0.3, -0.25) is 9.97 Å². The Bertz CT molecular complexity index is 676. The van der Waals surface area contributed by atoms with Crippen molar-refractivity contribution in [3.63, 3.8) is 0 Å². The maximum absolute atomic E-state index is 9.94. The molecule has 0 bridgehead atoms. The average Bonchev–Trinajstić information content (AvgIpc) is 2.58. The van der Waals surface area contributed by atoms with Gasteiger partial charge in [-0.25, -0.2) is 0 Å². The standard InChI is InChI=1S/C16H20N2O4S2.ClH/c1-9-15(21)13(5-19)11(3-17-9)7-23-24-8-12-4-18-10(2)16(22)14(12)6-20;/h3-4,19-22H,5-8H2,1-2H3;1H. The first-order valence-electron chi connectivity index (χ1n) is 7.28. The van der Waals surface area contributed by atoms with Gasteiger partial charge >= 0.3 is 1.43 Å². The molecule has 0 amide bonds. The van der Waals surface area contributed by atoms with Crippen LogP contribution in [0, 0.1) is 13.8 Å². The van der Waals surface area contributed by atoms with E-state index in [2.05, 4.69) is 9.97 Å². The maximum Gasteiger partial charge on any atom is 1.00 e. The molecule has 2 rings (SSSR count).